The number of nitrogens with zero attached hydrogens (tertiary/aromatic N) is 1. The van der Waals surface area contributed by atoms with Crippen LogP contribution in [0.25, 0.3) is 0 Å². The minimum absolute atomic E-state index is 0.196. The van der Waals surface area contributed by atoms with Crippen LogP contribution < -0.4 is 5.32 Å². The van der Waals surface area contributed by atoms with Gasteiger partial charge in [0.05, 0.1) is 0 Å². The Hall–Kier alpha value is -2.67. The van der Waals surface area contributed by atoms with Gasteiger partial charge in [-0.05, 0) is 36.2 Å². The molecule has 0 aliphatic carbocycles. The van der Waals surface area contributed by atoms with Gasteiger partial charge in [-0.15, -0.1) is 0 Å². The highest BCUT2D eigenvalue weighted by Crippen LogP contribution is 2.03. The van der Waals surface area contributed by atoms with E-state index in [-0.39, 0.29) is 11.7 Å². The second kappa shape index (κ2) is 7.37. The van der Waals surface area contributed by atoms with Crippen LogP contribution in [0.1, 0.15) is 35.5 Å². The van der Waals surface area contributed by atoms with E-state index in [1.165, 1.54) is 18.3 Å². The molecule has 0 radical (unpaired) electrons. The molecule has 0 aliphatic rings. The maximum atomic E-state index is 13.0. The van der Waals surface area contributed by atoms with Crippen LogP contribution in [0, 0.1) is 23.6 Å². The zero-order valence-electron chi connectivity index (χ0n) is 12.6. The minimum atomic E-state index is -0.318. The zero-order chi connectivity index (χ0) is 15.9. The molecular formula is C18H17FN2O. The number of carbonyl (C=O) groups is 1. The van der Waals surface area contributed by atoms with Gasteiger partial charge >= 0.3 is 0 Å². The molecule has 2 rings (SSSR count). The molecule has 0 aliphatic heterocycles. The molecule has 2 aromatic rings. The molecule has 0 bridgehead atoms. The third-order valence-electron chi connectivity index (χ3n) is 2.84. The number of carbonyl (C=O) groups excluding carboxylic acids is 1. The van der Waals surface area contributed by atoms with E-state index in [1.807, 2.05) is 13.8 Å². The number of benzene rings is 1. The normalized spacial score (nSPS) is 10.0. The maximum Gasteiger partial charge on any atom is 0.269 e. The van der Waals surface area contributed by atoms with E-state index in [0.29, 0.717) is 29.3 Å². The number of pyridine rings is 1. The number of halogens is 1. The molecule has 22 heavy (non-hydrogen) atoms. The average Bonchev–Trinajstić information content (AvgIpc) is 2.51. The van der Waals surface area contributed by atoms with E-state index in [1.54, 1.807) is 24.3 Å². The van der Waals surface area contributed by atoms with Gasteiger partial charge in [-0.1, -0.05) is 31.8 Å². The second-order valence-electron chi connectivity index (χ2n) is 5.30. The number of amides is 1. The van der Waals surface area contributed by atoms with Crippen molar-refractivity contribution in [2.75, 3.05) is 6.54 Å². The molecule has 0 saturated carbocycles. The van der Waals surface area contributed by atoms with Crippen molar-refractivity contribution in [3.8, 4) is 11.8 Å². The van der Waals surface area contributed by atoms with Gasteiger partial charge in [-0.2, -0.15) is 0 Å². The number of rotatable bonds is 3. The highest BCUT2D eigenvalue weighted by atomic mass is 19.1. The molecule has 0 atom stereocenters. The van der Waals surface area contributed by atoms with Crippen LogP contribution in [-0.2, 0) is 0 Å². The summed E-state index contributed by atoms with van der Waals surface area (Å²) in [5.41, 5.74) is 1.63. The van der Waals surface area contributed by atoms with Crippen molar-refractivity contribution in [2.24, 2.45) is 5.92 Å². The Morgan fingerprint density at radius 1 is 1.23 bits per heavy atom. The maximum absolute atomic E-state index is 13.0. The van der Waals surface area contributed by atoms with Crippen LogP contribution in [0.4, 0.5) is 4.39 Å². The minimum Gasteiger partial charge on any atom is -0.350 e. The van der Waals surface area contributed by atoms with Crippen LogP contribution in [0.2, 0.25) is 0 Å². The number of nitrogens with one attached hydrogen (secondary N) is 1. The van der Waals surface area contributed by atoms with E-state index < -0.39 is 0 Å². The SMILES string of the molecule is CC(C)CNC(=O)c1ccc(C#Cc2cccc(F)c2)cn1. The van der Waals surface area contributed by atoms with Crippen LogP contribution in [0.3, 0.4) is 0 Å². The van der Waals surface area contributed by atoms with E-state index in [4.69, 9.17) is 0 Å². The molecule has 0 saturated heterocycles. The van der Waals surface area contributed by atoms with E-state index in [9.17, 15) is 9.18 Å². The zero-order valence-corrected chi connectivity index (χ0v) is 12.6. The standard InChI is InChI=1S/C18H17FN2O/c1-13(2)11-21-18(22)17-9-8-15(12-20-17)7-6-14-4-3-5-16(19)10-14/h3-5,8-10,12-13H,11H2,1-2H3,(H,21,22). The van der Waals surface area contributed by atoms with Crippen LogP contribution in [0.5, 0.6) is 0 Å². The first-order valence-corrected chi connectivity index (χ1v) is 7.06. The summed E-state index contributed by atoms with van der Waals surface area (Å²) in [6.07, 6.45) is 1.54. The Bertz CT molecular complexity index is 712. The summed E-state index contributed by atoms with van der Waals surface area (Å²) in [6, 6.07) is 9.44. The monoisotopic (exact) mass is 296 g/mol. The molecule has 0 unspecified atom stereocenters. The molecule has 1 N–H and O–H groups in total. The average molecular weight is 296 g/mol. The molecule has 0 fully saturated rings. The molecule has 3 nitrogen and oxygen atoms in total. The Balaban J connectivity index is 2.05. The van der Waals surface area contributed by atoms with Gasteiger partial charge in [-0.3, -0.25) is 4.79 Å². The summed E-state index contributed by atoms with van der Waals surface area (Å²) < 4.78 is 13.0. The fourth-order valence-electron chi connectivity index (χ4n) is 1.70. The molecular weight excluding hydrogens is 279 g/mol. The molecule has 1 heterocycles. The third-order valence-corrected chi connectivity index (χ3v) is 2.84. The Morgan fingerprint density at radius 2 is 2.00 bits per heavy atom. The van der Waals surface area contributed by atoms with Crippen LogP contribution >= 0.6 is 0 Å². The van der Waals surface area contributed by atoms with E-state index in [0.717, 1.165) is 0 Å². The first-order chi connectivity index (χ1) is 10.5. The largest absolute Gasteiger partial charge is 0.350 e. The van der Waals surface area contributed by atoms with Crippen molar-refractivity contribution in [1.29, 1.82) is 0 Å². The first kappa shape index (κ1) is 15.7. The van der Waals surface area contributed by atoms with Crippen LogP contribution in [0.15, 0.2) is 42.6 Å². The predicted molar refractivity (Wildman–Crippen MR) is 83.8 cm³/mol. The van der Waals surface area contributed by atoms with Gasteiger partial charge in [0, 0.05) is 23.9 Å². The molecule has 4 heteroatoms. The van der Waals surface area contributed by atoms with Crippen molar-refractivity contribution < 1.29 is 9.18 Å². The Labute approximate surface area is 129 Å². The lowest BCUT2D eigenvalue weighted by Gasteiger charge is -2.06. The molecule has 1 aromatic carbocycles. The topological polar surface area (TPSA) is 42.0 Å². The Kier molecular flexibility index (Phi) is 5.26. The van der Waals surface area contributed by atoms with E-state index in [2.05, 4.69) is 22.1 Å². The summed E-state index contributed by atoms with van der Waals surface area (Å²) in [6.45, 7) is 4.67. The highest BCUT2D eigenvalue weighted by molar-refractivity contribution is 5.92. The summed E-state index contributed by atoms with van der Waals surface area (Å²) in [4.78, 5) is 15.9. The first-order valence-electron chi connectivity index (χ1n) is 7.06. The van der Waals surface area contributed by atoms with Crippen molar-refractivity contribution in [1.82, 2.24) is 10.3 Å². The van der Waals surface area contributed by atoms with Gasteiger partial charge in [0.1, 0.15) is 11.5 Å². The fraction of sp³-hybridized carbons (Fsp3) is 0.222. The summed E-state index contributed by atoms with van der Waals surface area (Å²) >= 11 is 0. The molecule has 1 aromatic heterocycles. The van der Waals surface area contributed by atoms with Crippen molar-refractivity contribution in [3.63, 3.8) is 0 Å². The van der Waals surface area contributed by atoms with Crippen LogP contribution in [-0.4, -0.2) is 17.4 Å². The van der Waals surface area contributed by atoms with Gasteiger partial charge in [0.2, 0.25) is 0 Å². The van der Waals surface area contributed by atoms with Crippen molar-refractivity contribution >= 4 is 5.91 Å². The fourth-order valence-corrected chi connectivity index (χ4v) is 1.70. The van der Waals surface area contributed by atoms with Crippen molar-refractivity contribution in [3.05, 3.63) is 65.2 Å². The number of hydrogen-bond acceptors (Lipinski definition) is 2. The molecule has 1 amide bonds. The quantitative estimate of drug-likeness (QED) is 0.885. The lowest BCUT2D eigenvalue weighted by Crippen LogP contribution is -2.27. The summed E-state index contributed by atoms with van der Waals surface area (Å²) in [5.74, 6) is 5.63. The lowest BCUT2D eigenvalue weighted by molar-refractivity contribution is 0.0944. The number of hydrogen-bond donors (Lipinski definition) is 1. The Morgan fingerprint density at radius 3 is 2.64 bits per heavy atom. The second-order valence-corrected chi connectivity index (χ2v) is 5.30. The van der Waals surface area contributed by atoms with E-state index >= 15 is 0 Å². The van der Waals surface area contributed by atoms with Crippen molar-refractivity contribution in [2.45, 2.75) is 13.8 Å². The molecule has 0 spiro atoms. The van der Waals surface area contributed by atoms with Gasteiger partial charge in [0.15, 0.2) is 0 Å². The summed E-state index contributed by atoms with van der Waals surface area (Å²) in [5, 5.41) is 2.80. The lowest BCUT2D eigenvalue weighted by atomic mass is 10.2. The van der Waals surface area contributed by atoms with Gasteiger partial charge in [0.25, 0.3) is 5.91 Å². The molecule has 112 valence electrons. The predicted octanol–water partition coefficient (Wildman–Crippen LogP) is 3.01. The van der Waals surface area contributed by atoms with Gasteiger partial charge in [-0.25, -0.2) is 9.37 Å². The highest BCUT2D eigenvalue weighted by Gasteiger charge is 2.06. The van der Waals surface area contributed by atoms with Gasteiger partial charge < -0.3 is 5.32 Å². The third kappa shape index (κ3) is 4.71. The summed E-state index contributed by atoms with van der Waals surface area (Å²) in [7, 11) is 0. The number of aromatic nitrogens is 1. The smallest absolute Gasteiger partial charge is 0.269 e.